The van der Waals surface area contributed by atoms with E-state index in [0.29, 0.717) is 17.9 Å². The van der Waals surface area contributed by atoms with Crippen LogP contribution in [0.15, 0.2) is 42.6 Å². The van der Waals surface area contributed by atoms with Crippen LogP contribution in [0.4, 0.5) is 0 Å². The van der Waals surface area contributed by atoms with Crippen molar-refractivity contribution < 1.29 is 14.3 Å². The average Bonchev–Trinajstić information content (AvgIpc) is 2.48. The summed E-state index contributed by atoms with van der Waals surface area (Å²) in [5.41, 5.74) is 2.02. The molecule has 0 atom stereocenters. The van der Waals surface area contributed by atoms with Crippen molar-refractivity contribution in [2.45, 2.75) is 6.92 Å². The summed E-state index contributed by atoms with van der Waals surface area (Å²) in [7, 11) is 1.36. The summed E-state index contributed by atoms with van der Waals surface area (Å²) >= 11 is 0. The van der Waals surface area contributed by atoms with Gasteiger partial charge in [0.05, 0.1) is 25.0 Å². The van der Waals surface area contributed by atoms with Crippen LogP contribution in [0.3, 0.4) is 0 Å². The van der Waals surface area contributed by atoms with Gasteiger partial charge >= 0.3 is 5.97 Å². The number of carbonyl (C=O) groups excluding carboxylic acids is 1. The first-order valence-electron chi connectivity index (χ1n) is 6.02. The number of aromatic nitrogens is 1. The Morgan fingerprint density at radius 3 is 2.74 bits per heavy atom. The zero-order valence-electron chi connectivity index (χ0n) is 10.9. The Morgan fingerprint density at radius 1 is 1.26 bits per heavy atom. The fraction of sp³-hybridized carbons (Fsp3) is 0.200. The molecule has 98 valence electrons. The number of nitrogens with zero attached hydrogens (tertiary/aromatic N) is 1. The Balaban J connectivity index is 2.51. The van der Waals surface area contributed by atoms with E-state index >= 15 is 0 Å². The van der Waals surface area contributed by atoms with Crippen molar-refractivity contribution in [3.8, 4) is 17.0 Å². The fourth-order valence-electron chi connectivity index (χ4n) is 1.78. The van der Waals surface area contributed by atoms with Gasteiger partial charge in [0, 0.05) is 11.8 Å². The largest absolute Gasteiger partial charge is 0.493 e. The summed E-state index contributed by atoms with van der Waals surface area (Å²) < 4.78 is 10.3. The van der Waals surface area contributed by atoms with Crippen LogP contribution >= 0.6 is 0 Å². The van der Waals surface area contributed by atoms with Gasteiger partial charge in [-0.1, -0.05) is 6.07 Å². The summed E-state index contributed by atoms with van der Waals surface area (Å²) in [6.45, 7) is 2.47. The minimum atomic E-state index is -0.375. The van der Waals surface area contributed by atoms with E-state index in [1.807, 2.05) is 25.1 Å². The molecule has 0 radical (unpaired) electrons. The molecule has 2 rings (SSSR count). The molecule has 0 aliphatic rings. The van der Waals surface area contributed by atoms with Crippen LogP contribution in [0.2, 0.25) is 0 Å². The average molecular weight is 257 g/mol. The van der Waals surface area contributed by atoms with Crippen LogP contribution in [-0.4, -0.2) is 24.7 Å². The van der Waals surface area contributed by atoms with Gasteiger partial charge in [0.1, 0.15) is 5.75 Å². The van der Waals surface area contributed by atoms with Gasteiger partial charge in [-0.2, -0.15) is 0 Å². The van der Waals surface area contributed by atoms with E-state index in [0.717, 1.165) is 11.3 Å². The number of hydrogen-bond donors (Lipinski definition) is 0. The number of methoxy groups -OCH3 is 1. The third-order valence-electron chi connectivity index (χ3n) is 2.64. The normalized spacial score (nSPS) is 10.0. The lowest BCUT2D eigenvalue weighted by atomic mass is 10.1. The molecule has 0 saturated carbocycles. The highest BCUT2D eigenvalue weighted by molar-refractivity contribution is 5.91. The van der Waals surface area contributed by atoms with E-state index in [1.165, 1.54) is 7.11 Å². The third-order valence-corrected chi connectivity index (χ3v) is 2.64. The Bertz CT molecular complexity index is 567. The number of carbonyl (C=O) groups is 1. The molecule has 1 aromatic heterocycles. The van der Waals surface area contributed by atoms with E-state index in [2.05, 4.69) is 4.98 Å². The number of hydrogen-bond acceptors (Lipinski definition) is 4. The van der Waals surface area contributed by atoms with Gasteiger partial charge in [0.15, 0.2) is 0 Å². The van der Waals surface area contributed by atoms with E-state index in [4.69, 9.17) is 9.47 Å². The van der Waals surface area contributed by atoms with Crippen molar-refractivity contribution in [1.29, 1.82) is 0 Å². The first kappa shape index (κ1) is 13.1. The molecule has 2 aromatic rings. The molecule has 0 bridgehead atoms. The molecule has 1 heterocycles. The second kappa shape index (κ2) is 6.00. The molecule has 0 aliphatic heterocycles. The van der Waals surface area contributed by atoms with Crippen LogP contribution in [-0.2, 0) is 4.74 Å². The SMILES string of the molecule is CCOc1ccc(C(=O)OC)cc1-c1ccccn1. The fourth-order valence-corrected chi connectivity index (χ4v) is 1.78. The van der Waals surface area contributed by atoms with E-state index < -0.39 is 0 Å². The summed E-state index contributed by atoms with van der Waals surface area (Å²) in [4.78, 5) is 15.9. The van der Waals surface area contributed by atoms with Crippen molar-refractivity contribution in [2.24, 2.45) is 0 Å². The van der Waals surface area contributed by atoms with Crippen LogP contribution in [0.25, 0.3) is 11.3 Å². The summed E-state index contributed by atoms with van der Waals surface area (Å²) in [5, 5.41) is 0. The van der Waals surface area contributed by atoms with Crippen LogP contribution in [0, 0.1) is 0 Å². The maximum absolute atomic E-state index is 11.6. The zero-order chi connectivity index (χ0) is 13.7. The molecule has 0 saturated heterocycles. The Labute approximate surface area is 112 Å². The lowest BCUT2D eigenvalue weighted by Crippen LogP contribution is -2.03. The zero-order valence-corrected chi connectivity index (χ0v) is 10.9. The number of esters is 1. The molecule has 0 aliphatic carbocycles. The Hall–Kier alpha value is -2.36. The summed E-state index contributed by atoms with van der Waals surface area (Å²) in [5.74, 6) is 0.328. The topological polar surface area (TPSA) is 48.4 Å². The molecular formula is C15H15NO3. The predicted octanol–water partition coefficient (Wildman–Crippen LogP) is 2.93. The third kappa shape index (κ3) is 2.91. The number of ether oxygens (including phenoxy) is 2. The molecule has 0 N–H and O–H groups in total. The molecular weight excluding hydrogens is 242 g/mol. The van der Waals surface area contributed by atoms with E-state index in [1.54, 1.807) is 24.4 Å². The van der Waals surface area contributed by atoms with E-state index in [9.17, 15) is 4.79 Å². The maximum Gasteiger partial charge on any atom is 0.337 e. The Morgan fingerprint density at radius 2 is 2.11 bits per heavy atom. The summed E-state index contributed by atoms with van der Waals surface area (Å²) in [6.07, 6.45) is 1.70. The van der Waals surface area contributed by atoms with Gasteiger partial charge in [-0.05, 0) is 37.3 Å². The highest BCUT2D eigenvalue weighted by Gasteiger charge is 2.12. The predicted molar refractivity (Wildman–Crippen MR) is 72.2 cm³/mol. The number of pyridine rings is 1. The van der Waals surface area contributed by atoms with Crippen molar-refractivity contribution in [3.63, 3.8) is 0 Å². The van der Waals surface area contributed by atoms with Crippen molar-refractivity contribution in [2.75, 3.05) is 13.7 Å². The van der Waals surface area contributed by atoms with E-state index in [-0.39, 0.29) is 5.97 Å². The molecule has 0 unspecified atom stereocenters. The molecule has 4 nitrogen and oxygen atoms in total. The van der Waals surface area contributed by atoms with Gasteiger partial charge in [0.25, 0.3) is 0 Å². The van der Waals surface area contributed by atoms with Crippen LogP contribution < -0.4 is 4.74 Å². The first-order chi connectivity index (χ1) is 9.26. The quantitative estimate of drug-likeness (QED) is 0.790. The second-order valence-corrected chi connectivity index (χ2v) is 3.85. The molecule has 0 spiro atoms. The number of benzene rings is 1. The highest BCUT2D eigenvalue weighted by Crippen LogP contribution is 2.29. The van der Waals surface area contributed by atoms with Crippen molar-refractivity contribution >= 4 is 5.97 Å². The molecule has 19 heavy (non-hydrogen) atoms. The lowest BCUT2D eigenvalue weighted by molar-refractivity contribution is 0.0601. The van der Waals surface area contributed by atoms with Crippen LogP contribution in [0.5, 0.6) is 5.75 Å². The van der Waals surface area contributed by atoms with Gasteiger partial charge < -0.3 is 9.47 Å². The molecule has 1 aromatic carbocycles. The highest BCUT2D eigenvalue weighted by atomic mass is 16.5. The minimum absolute atomic E-state index is 0.375. The van der Waals surface area contributed by atoms with Crippen LogP contribution in [0.1, 0.15) is 17.3 Å². The first-order valence-corrected chi connectivity index (χ1v) is 6.02. The lowest BCUT2D eigenvalue weighted by Gasteiger charge is -2.11. The monoisotopic (exact) mass is 257 g/mol. The minimum Gasteiger partial charge on any atom is -0.493 e. The molecule has 0 fully saturated rings. The van der Waals surface area contributed by atoms with Crippen molar-refractivity contribution in [3.05, 3.63) is 48.2 Å². The standard InChI is InChI=1S/C15H15NO3/c1-3-19-14-8-7-11(15(17)18-2)10-12(14)13-6-4-5-9-16-13/h4-10H,3H2,1-2H3. The van der Waals surface area contributed by atoms with Gasteiger partial charge in [-0.15, -0.1) is 0 Å². The second-order valence-electron chi connectivity index (χ2n) is 3.85. The van der Waals surface area contributed by atoms with Gasteiger partial charge in [0.2, 0.25) is 0 Å². The molecule has 0 amide bonds. The Kier molecular flexibility index (Phi) is 4.13. The van der Waals surface area contributed by atoms with Gasteiger partial charge in [-0.3, -0.25) is 4.98 Å². The number of rotatable bonds is 4. The van der Waals surface area contributed by atoms with Crippen molar-refractivity contribution in [1.82, 2.24) is 4.98 Å². The van der Waals surface area contributed by atoms with Gasteiger partial charge in [-0.25, -0.2) is 4.79 Å². The molecule has 4 heteroatoms. The smallest absolute Gasteiger partial charge is 0.337 e. The maximum atomic E-state index is 11.6. The summed E-state index contributed by atoms with van der Waals surface area (Å²) in [6, 6.07) is 10.8.